The highest BCUT2D eigenvalue weighted by molar-refractivity contribution is 7.32. The predicted molar refractivity (Wildman–Crippen MR) is 140 cm³/mol. The molecule has 1 aliphatic heterocycles. The van der Waals surface area contributed by atoms with Gasteiger partial charge in [0.2, 0.25) is 0 Å². The second-order valence-corrected chi connectivity index (χ2v) is 15.8. The van der Waals surface area contributed by atoms with Crippen molar-refractivity contribution >= 4 is 39.3 Å². The molecule has 3 N–H and O–H groups in total. The minimum atomic E-state index is -2.98. The number of benzene rings is 1. The Bertz CT molecular complexity index is 1280. The minimum Gasteiger partial charge on any atom is -0.406 e. The number of nitrogens with zero attached hydrogens (tertiary/aromatic N) is 3. The van der Waals surface area contributed by atoms with Crippen LogP contribution in [0.2, 0.25) is 18.1 Å². The van der Waals surface area contributed by atoms with Gasteiger partial charge in [-0.05, 0) is 36.3 Å². The number of amides is 1. The zero-order valence-electron chi connectivity index (χ0n) is 21.4. The summed E-state index contributed by atoms with van der Waals surface area (Å²) < 4.78 is 31.5. The number of aliphatic hydroxyl groups is 1. The summed E-state index contributed by atoms with van der Waals surface area (Å²) in [6.45, 7) is 9.91. The van der Waals surface area contributed by atoms with Gasteiger partial charge >= 0.3 is 8.25 Å². The van der Waals surface area contributed by atoms with Crippen LogP contribution in [0.15, 0.2) is 48.9 Å². The number of aliphatic hydroxyl groups excluding tert-OH is 1. The normalized spacial score (nSPS) is 22.8. The smallest absolute Gasteiger partial charge is 0.406 e. The molecule has 1 aromatic carbocycles. The molecule has 0 saturated carbocycles. The second-order valence-electron chi connectivity index (χ2n) is 10.4. The van der Waals surface area contributed by atoms with Gasteiger partial charge in [-0.2, -0.15) is 0 Å². The Morgan fingerprint density at radius 1 is 1.19 bits per heavy atom. The average Bonchev–Trinajstić information content (AvgIpc) is 3.40. The zero-order valence-corrected chi connectivity index (χ0v) is 23.3. The first-order chi connectivity index (χ1) is 17.4. The monoisotopic (exact) mass is 547 g/mol. The molecule has 2 unspecified atom stereocenters. The van der Waals surface area contributed by atoms with E-state index in [2.05, 4.69) is 49.1 Å². The molecule has 37 heavy (non-hydrogen) atoms. The zero-order chi connectivity index (χ0) is 27.0. The number of anilines is 1. The lowest BCUT2D eigenvalue weighted by Crippen LogP contribution is -2.49. The van der Waals surface area contributed by atoms with Crippen molar-refractivity contribution in [1.29, 1.82) is 0 Å². The maximum atomic E-state index is 12.7. The highest BCUT2D eigenvalue weighted by Gasteiger charge is 2.54. The van der Waals surface area contributed by atoms with E-state index in [4.69, 9.17) is 13.7 Å². The molecule has 4 rings (SSSR count). The fourth-order valence-electron chi connectivity index (χ4n) is 4.00. The third-order valence-corrected chi connectivity index (χ3v) is 11.9. The molecule has 1 fully saturated rings. The Morgan fingerprint density at radius 2 is 1.89 bits per heavy atom. The Hall–Kier alpha value is -2.57. The average molecular weight is 548 g/mol. The predicted octanol–water partition coefficient (Wildman–Crippen LogP) is 4.00. The van der Waals surface area contributed by atoms with Crippen LogP contribution in [0.4, 0.5) is 5.82 Å². The Kier molecular flexibility index (Phi) is 7.91. The van der Waals surface area contributed by atoms with Crippen molar-refractivity contribution in [2.45, 2.75) is 63.4 Å². The van der Waals surface area contributed by atoms with Crippen LogP contribution in [0.5, 0.6) is 0 Å². The number of hydrogen-bond acceptors (Lipinski definition) is 8. The fourth-order valence-corrected chi connectivity index (χ4v) is 5.75. The Morgan fingerprint density at radius 3 is 2.51 bits per heavy atom. The number of nitrogens with one attached hydrogen (secondary N) is 1. The van der Waals surface area contributed by atoms with Crippen molar-refractivity contribution in [1.82, 2.24) is 14.5 Å². The molecule has 0 spiro atoms. The van der Waals surface area contributed by atoms with Gasteiger partial charge < -0.3 is 24.2 Å². The molecule has 3 heterocycles. The first-order valence-corrected chi connectivity index (χ1v) is 15.9. The molecule has 3 aromatic rings. The van der Waals surface area contributed by atoms with Crippen molar-refractivity contribution in [3.63, 3.8) is 0 Å². The molecule has 198 valence electrons. The van der Waals surface area contributed by atoms with Crippen molar-refractivity contribution in [3.8, 4) is 0 Å². The summed E-state index contributed by atoms with van der Waals surface area (Å²) in [5, 5.41) is 13.2. The van der Waals surface area contributed by atoms with Gasteiger partial charge in [0, 0.05) is 16.3 Å². The van der Waals surface area contributed by atoms with Gasteiger partial charge in [0.15, 0.2) is 20.6 Å². The van der Waals surface area contributed by atoms with E-state index in [1.54, 1.807) is 41.1 Å². The number of carbonyl (C=O) groups is 1. The highest BCUT2D eigenvalue weighted by Crippen LogP contribution is 2.44. The number of carbonyl (C=O) groups excluding carboxylic acids is 1. The molecule has 0 bridgehead atoms. The van der Waals surface area contributed by atoms with Crippen LogP contribution in [0.25, 0.3) is 11.0 Å². The highest BCUT2D eigenvalue weighted by atomic mass is 31.1. The molecule has 1 aliphatic rings. The fraction of sp³-hybridized carbons (Fsp3) is 0.458. The van der Waals surface area contributed by atoms with Crippen LogP contribution in [0.3, 0.4) is 0 Å². The van der Waals surface area contributed by atoms with E-state index in [9.17, 15) is 19.4 Å². The molecular formula is C24H32N4O7PSi+. The van der Waals surface area contributed by atoms with Crippen LogP contribution < -0.4 is 5.32 Å². The first kappa shape index (κ1) is 27.5. The van der Waals surface area contributed by atoms with Gasteiger partial charge in [0.05, 0.1) is 12.0 Å². The number of ether oxygens (including phenoxy) is 1. The van der Waals surface area contributed by atoms with E-state index in [1.165, 1.54) is 6.33 Å². The van der Waals surface area contributed by atoms with Gasteiger partial charge in [-0.15, -0.1) is 9.42 Å². The maximum Gasteiger partial charge on any atom is 0.695 e. The summed E-state index contributed by atoms with van der Waals surface area (Å²) in [4.78, 5) is 30.9. The third-order valence-electron chi connectivity index (χ3n) is 6.97. The largest absolute Gasteiger partial charge is 0.695 e. The van der Waals surface area contributed by atoms with Crippen LogP contribution in [0.1, 0.15) is 37.4 Å². The Balaban J connectivity index is 1.72. The van der Waals surface area contributed by atoms with Crippen LogP contribution in [-0.4, -0.2) is 63.7 Å². The van der Waals surface area contributed by atoms with Crippen LogP contribution >= 0.6 is 8.25 Å². The van der Waals surface area contributed by atoms with E-state index in [0.29, 0.717) is 22.4 Å². The van der Waals surface area contributed by atoms with Crippen LogP contribution in [0, 0.1) is 0 Å². The lowest BCUT2D eigenvalue weighted by atomic mass is 10.1. The molecule has 2 aromatic heterocycles. The summed E-state index contributed by atoms with van der Waals surface area (Å²) in [5.41, 5.74) is 0.942. The molecule has 1 saturated heterocycles. The van der Waals surface area contributed by atoms with Gasteiger partial charge in [-0.25, -0.2) is 9.97 Å². The van der Waals surface area contributed by atoms with Gasteiger partial charge in [0.1, 0.15) is 30.0 Å². The Labute approximate surface area is 216 Å². The maximum absolute atomic E-state index is 12.7. The van der Waals surface area contributed by atoms with E-state index in [0.717, 1.165) is 0 Å². The standard InChI is InChI=1S/C24H31N4O7PSi/c1-24(2,3)37(4,5)35-19-18(34-36(31)32)17(13-29)33-23(19)28-12-11-16-20(25-14-26-21(16)28)27-22(30)15-9-7-6-8-10-15/h6-12,14,17-19,23,29H,13H2,1-5H3,(H-,25,26,27,30,31,32)/p+1/t17-,18?,19+,23-/m1/s1. The summed E-state index contributed by atoms with van der Waals surface area (Å²) in [5.74, 6) is 0.00701. The lowest BCUT2D eigenvalue weighted by molar-refractivity contribution is -0.0484. The van der Waals surface area contributed by atoms with Crippen molar-refractivity contribution in [3.05, 3.63) is 54.5 Å². The molecule has 1 amide bonds. The molecule has 0 radical (unpaired) electrons. The second kappa shape index (κ2) is 10.7. The SMILES string of the molecule is CC(C)(C)[Si](C)(C)O[C@H]1C(O[P+](=O)O)[C@@H](CO)O[C@H]1n1ccc2c(NC(=O)c3ccccc3)ncnc21. The third kappa shape index (κ3) is 5.65. The molecule has 0 aliphatic carbocycles. The minimum absolute atomic E-state index is 0.170. The molecule has 5 atom stereocenters. The van der Waals surface area contributed by atoms with E-state index in [1.807, 2.05) is 6.07 Å². The summed E-state index contributed by atoms with van der Waals surface area (Å²) >= 11 is 0. The topological polar surface area (TPSA) is 145 Å². The quantitative estimate of drug-likeness (QED) is 0.281. The number of hydrogen-bond donors (Lipinski definition) is 3. The molecule has 11 nitrogen and oxygen atoms in total. The first-order valence-electron chi connectivity index (χ1n) is 11.9. The summed E-state index contributed by atoms with van der Waals surface area (Å²) in [6, 6.07) is 10.5. The van der Waals surface area contributed by atoms with E-state index >= 15 is 0 Å². The number of aromatic nitrogens is 3. The number of rotatable bonds is 8. The summed E-state index contributed by atoms with van der Waals surface area (Å²) in [6.07, 6.45) is -0.467. The van der Waals surface area contributed by atoms with Crippen molar-refractivity contribution < 1.29 is 33.0 Å². The van der Waals surface area contributed by atoms with Gasteiger partial charge in [0.25, 0.3) is 5.91 Å². The van der Waals surface area contributed by atoms with Crippen LogP contribution in [-0.2, 0) is 18.3 Å². The van der Waals surface area contributed by atoms with E-state index in [-0.39, 0.29) is 10.9 Å². The number of fused-ring (bicyclic) bond motifs is 1. The lowest BCUT2D eigenvalue weighted by Gasteiger charge is -2.40. The van der Waals surface area contributed by atoms with Crippen molar-refractivity contribution in [2.24, 2.45) is 0 Å². The molecular weight excluding hydrogens is 515 g/mol. The van der Waals surface area contributed by atoms with E-state index < -0.39 is 47.7 Å². The van der Waals surface area contributed by atoms with Crippen molar-refractivity contribution in [2.75, 3.05) is 11.9 Å². The summed E-state index contributed by atoms with van der Waals surface area (Å²) in [7, 11) is -5.39. The van der Waals surface area contributed by atoms with Gasteiger partial charge in [-0.3, -0.25) is 4.79 Å². The molecule has 13 heteroatoms. The van der Waals surface area contributed by atoms with Gasteiger partial charge in [-0.1, -0.05) is 39.0 Å².